The van der Waals surface area contributed by atoms with Crippen LogP contribution in [0.15, 0.2) is 36.4 Å². The highest BCUT2D eigenvalue weighted by Gasteiger charge is 2.19. The standard InChI is InChI=1S/C21H27N3S/c1-16-12-18(3)22-20(13-16)14-21(25)24-10-8-23(9-11-24)15-19-7-5-4-6-17(19)2/h4-7,12-13H,8-11,14-15H2,1-3H3. The molecule has 3 rings (SSSR count). The molecule has 0 atom stereocenters. The SMILES string of the molecule is Cc1cc(C)nc(CC(=S)N2CCN(Cc3ccccc3C)CC2)c1. The number of rotatable bonds is 4. The second-order valence-electron chi connectivity index (χ2n) is 7.04. The molecule has 0 unspecified atom stereocenters. The Hall–Kier alpha value is -1.78. The highest BCUT2D eigenvalue weighted by atomic mass is 32.1. The van der Waals surface area contributed by atoms with Crippen molar-refractivity contribution < 1.29 is 0 Å². The molecule has 25 heavy (non-hydrogen) atoms. The van der Waals surface area contributed by atoms with Crippen molar-refractivity contribution in [1.29, 1.82) is 0 Å². The van der Waals surface area contributed by atoms with Gasteiger partial charge < -0.3 is 4.90 Å². The van der Waals surface area contributed by atoms with Crippen molar-refractivity contribution in [1.82, 2.24) is 14.8 Å². The molecule has 0 spiro atoms. The lowest BCUT2D eigenvalue weighted by Gasteiger charge is -2.36. The van der Waals surface area contributed by atoms with E-state index in [4.69, 9.17) is 12.2 Å². The van der Waals surface area contributed by atoms with Gasteiger partial charge in [-0.1, -0.05) is 36.5 Å². The summed E-state index contributed by atoms with van der Waals surface area (Å²) in [6.07, 6.45) is 0.773. The van der Waals surface area contributed by atoms with Crippen LogP contribution in [-0.2, 0) is 13.0 Å². The van der Waals surface area contributed by atoms with Crippen LogP contribution in [0.5, 0.6) is 0 Å². The molecule has 4 heteroatoms. The first-order valence-electron chi connectivity index (χ1n) is 9.00. The van der Waals surface area contributed by atoms with E-state index in [1.807, 2.05) is 6.92 Å². The molecule has 2 heterocycles. The molecular weight excluding hydrogens is 326 g/mol. The molecular formula is C21H27N3S. The normalized spacial score (nSPS) is 15.4. The van der Waals surface area contributed by atoms with Crippen LogP contribution in [0, 0.1) is 20.8 Å². The van der Waals surface area contributed by atoms with Crippen LogP contribution in [0.4, 0.5) is 0 Å². The van der Waals surface area contributed by atoms with Gasteiger partial charge in [0.15, 0.2) is 0 Å². The lowest BCUT2D eigenvalue weighted by Crippen LogP contribution is -2.48. The van der Waals surface area contributed by atoms with E-state index in [9.17, 15) is 0 Å². The van der Waals surface area contributed by atoms with Gasteiger partial charge in [0.25, 0.3) is 0 Å². The molecule has 1 saturated heterocycles. The molecule has 1 aliphatic heterocycles. The zero-order valence-electron chi connectivity index (χ0n) is 15.5. The average molecular weight is 354 g/mol. The fourth-order valence-electron chi connectivity index (χ4n) is 3.47. The Labute approximate surface area is 156 Å². The Kier molecular flexibility index (Phi) is 5.82. The Balaban J connectivity index is 1.53. The minimum atomic E-state index is 0.773. The minimum absolute atomic E-state index is 0.773. The molecule has 2 aromatic rings. The van der Waals surface area contributed by atoms with Gasteiger partial charge in [-0.25, -0.2) is 0 Å². The van der Waals surface area contributed by atoms with E-state index >= 15 is 0 Å². The predicted octanol–water partition coefficient (Wildman–Crippen LogP) is 3.69. The largest absolute Gasteiger partial charge is 0.363 e. The van der Waals surface area contributed by atoms with Gasteiger partial charge in [-0.05, 0) is 49.6 Å². The Morgan fingerprint density at radius 3 is 2.44 bits per heavy atom. The number of benzene rings is 1. The lowest BCUT2D eigenvalue weighted by atomic mass is 10.1. The van der Waals surface area contributed by atoms with E-state index in [0.29, 0.717) is 0 Å². The molecule has 132 valence electrons. The second kappa shape index (κ2) is 8.07. The molecule has 0 saturated carbocycles. The van der Waals surface area contributed by atoms with E-state index in [0.717, 1.165) is 55.5 Å². The number of nitrogens with zero attached hydrogens (tertiary/aromatic N) is 3. The van der Waals surface area contributed by atoms with Crippen molar-refractivity contribution >= 4 is 17.2 Å². The van der Waals surface area contributed by atoms with E-state index < -0.39 is 0 Å². The highest BCUT2D eigenvalue weighted by Crippen LogP contribution is 2.14. The third-order valence-electron chi connectivity index (χ3n) is 4.86. The maximum Gasteiger partial charge on any atom is 0.0840 e. The van der Waals surface area contributed by atoms with Crippen LogP contribution in [0.3, 0.4) is 0 Å². The predicted molar refractivity (Wildman–Crippen MR) is 108 cm³/mol. The van der Waals surface area contributed by atoms with E-state index in [2.05, 4.69) is 65.0 Å². The van der Waals surface area contributed by atoms with Gasteiger partial charge >= 0.3 is 0 Å². The topological polar surface area (TPSA) is 19.4 Å². The van der Waals surface area contributed by atoms with Crippen molar-refractivity contribution in [3.8, 4) is 0 Å². The van der Waals surface area contributed by atoms with Crippen molar-refractivity contribution in [2.75, 3.05) is 26.2 Å². The van der Waals surface area contributed by atoms with Gasteiger partial charge in [-0.3, -0.25) is 9.88 Å². The van der Waals surface area contributed by atoms with Crippen LogP contribution >= 0.6 is 12.2 Å². The number of hydrogen-bond donors (Lipinski definition) is 0. The van der Waals surface area contributed by atoms with Crippen LogP contribution < -0.4 is 0 Å². The number of pyridine rings is 1. The molecule has 1 aromatic heterocycles. The number of hydrogen-bond acceptors (Lipinski definition) is 3. The third-order valence-corrected chi connectivity index (χ3v) is 5.27. The van der Waals surface area contributed by atoms with Crippen LogP contribution in [0.1, 0.15) is 28.1 Å². The summed E-state index contributed by atoms with van der Waals surface area (Å²) in [4.78, 5) is 10.5. The van der Waals surface area contributed by atoms with Crippen LogP contribution in [0.2, 0.25) is 0 Å². The second-order valence-corrected chi connectivity index (χ2v) is 7.51. The Morgan fingerprint density at radius 2 is 1.76 bits per heavy atom. The van der Waals surface area contributed by atoms with E-state index in [1.165, 1.54) is 16.7 Å². The van der Waals surface area contributed by atoms with Crippen molar-refractivity contribution in [2.45, 2.75) is 33.7 Å². The fraction of sp³-hybridized carbons (Fsp3) is 0.429. The summed E-state index contributed by atoms with van der Waals surface area (Å²) in [5, 5.41) is 0. The average Bonchev–Trinajstić information content (AvgIpc) is 2.56. The number of aromatic nitrogens is 1. The maximum atomic E-state index is 5.70. The highest BCUT2D eigenvalue weighted by molar-refractivity contribution is 7.80. The zero-order valence-corrected chi connectivity index (χ0v) is 16.3. The minimum Gasteiger partial charge on any atom is -0.363 e. The molecule has 0 amide bonds. The van der Waals surface area contributed by atoms with E-state index in [-0.39, 0.29) is 0 Å². The van der Waals surface area contributed by atoms with Crippen molar-refractivity contribution in [3.05, 3.63) is 64.5 Å². The first-order chi connectivity index (χ1) is 12.0. The molecule has 1 fully saturated rings. The maximum absolute atomic E-state index is 5.70. The van der Waals surface area contributed by atoms with Gasteiger partial charge in [0.05, 0.1) is 4.99 Å². The summed E-state index contributed by atoms with van der Waals surface area (Å²) >= 11 is 5.70. The van der Waals surface area contributed by atoms with Crippen molar-refractivity contribution in [3.63, 3.8) is 0 Å². The molecule has 1 aromatic carbocycles. The third kappa shape index (κ3) is 4.86. The summed E-state index contributed by atoms with van der Waals surface area (Å²) < 4.78 is 0. The molecule has 3 nitrogen and oxygen atoms in total. The molecule has 0 radical (unpaired) electrons. The van der Waals surface area contributed by atoms with Gasteiger partial charge in [0.1, 0.15) is 0 Å². The summed E-state index contributed by atoms with van der Waals surface area (Å²) in [5.41, 5.74) is 6.22. The molecule has 1 aliphatic rings. The lowest BCUT2D eigenvalue weighted by molar-refractivity contribution is 0.175. The number of thiocarbonyl (C=S) groups is 1. The van der Waals surface area contributed by atoms with Crippen LogP contribution in [-0.4, -0.2) is 46.0 Å². The first kappa shape index (κ1) is 18.0. The summed E-state index contributed by atoms with van der Waals surface area (Å²) in [7, 11) is 0. The van der Waals surface area contributed by atoms with E-state index in [1.54, 1.807) is 0 Å². The van der Waals surface area contributed by atoms with Gasteiger partial charge in [-0.15, -0.1) is 0 Å². The smallest absolute Gasteiger partial charge is 0.0840 e. The Morgan fingerprint density at radius 1 is 1.04 bits per heavy atom. The van der Waals surface area contributed by atoms with Gasteiger partial charge in [0, 0.05) is 50.5 Å². The van der Waals surface area contributed by atoms with Gasteiger partial charge in [-0.2, -0.15) is 0 Å². The molecule has 0 aliphatic carbocycles. The van der Waals surface area contributed by atoms with Gasteiger partial charge in [0.2, 0.25) is 0 Å². The molecule has 0 N–H and O–H groups in total. The monoisotopic (exact) mass is 353 g/mol. The summed E-state index contributed by atoms with van der Waals surface area (Å²) in [5.74, 6) is 0. The molecule has 0 bridgehead atoms. The summed E-state index contributed by atoms with van der Waals surface area (Å²) in [6, 6.07) is 12.9. The fourth-order valence-corrected chi connectivity index (χ4v) is 3.80. The number of aryl methyl sites for hydroxylation is 3. The number of piperazine rings is 1. The van der Waals surface area contributed by atoms with Crippen LogP contribution in [0.25, 0.3) is 0 Å². The summed E-state index contributed by atoms with van der Waals surface area (Å²) in [6.45, 7) is 11.5. The Bertz CT molecular complexity index is 728. The first-order valence-corrected chi connectivity index (χ1v) is 9.41. The zero-order chi connectivity index (χ0) is 17.8. The quantitative estimate of drug-likeness (QED) is 0.781. The van der Waals surface area contributed by atoms with Crippen molar-refractivity contribution in [2.24, 2.45) is 0 Å².